The molecule has 1 aromatic rings. The van der Waals surface area contributed by atoms with Crippen molar-refractivity contribution in [2.45, 2.75) is 25.9 Å². The van der Waals surface area contributed by atoms with Gasteiger partial charge in [-0.25, -0.2) is 4.98 Å². The number of rotatable bonds is 6. The number of piperidine rings is 1. The summed E-state index contributed by atoms with van der Waals surface area (Å²) < 4.78 is 5.09. The van der Waals surface area contributed by atoms with Gasteiger partial charge in [-0.05, 0) is 30.5 Å². The van der Waals surface area contributed by atoms with E-state index < -0.39 is 0 Å². The number of likely N-dealkylation sites (tertiary alicyclic amines) is 1. The molecule has 2 atom stereocenters. The van der Waals surface area contributed by atoms with E-state index in [1.165, 1.54) is 5.56 Å². The molecule has 0 spiro atoms. The molecule has 1 aromatic heterocycles. The summed E-state index contributed by atoms with van der Waals surface area (Å²) in [6.45, 7) is 6.93. The van der Waals surface area contributed by atoms with Gasteiger partial charge in [-0.15, -0.1) is 0 Å². The maximum atomic E-state index is 6.07. The van der Waals surface area contributed by atoms with Gasteiger partial charge in [0.1, 0.15) is 5.82 Å². The second-order valence-corrected chi connectivity index (χ2v) is 6.10. The maximum Gasteiger partial charge on any atom is 0.128 e. The molecule has 2 heterocycles. The zero-order valence-electron chi connectivity index (χ0n) is 13.5. The summed E-state index contributed by atoms with van der Waals surface area (Å²) in [6.07, 6.45) is 3.07. The van der Waals surface area contributed by atoms with Crippen LogP contribution in [0, 0.1) is 5.92 Å². The van der Waals surface area contributed by atoms with E-state index in [1.807, 2.05) is 13.2 Å². The molecule has 1 aliphatic heterocycles. The number of pyridine rings is 1. The molecule has 0 amide bonds. The molecule has 0 bridgehead atoms. The molecule has 1 fully saturated rings. The first-order chi connectivity index (χ1) is 10.1. The highest BCUT2D eigenvalue weighted by molar-refractivity contribution is 5.38. The zero-order chi connectivity index (χ0) is 15.2. The Morgan fingerprint density at radius 3 is 2.90 bits per heavy atom. The summed E-state index contributed by atoms with van der Waals surface area (Å²) in [5, 5.41) is 0. The first-order valence-electron chi connectivity index (χ1n) is 7.73. The molecule has 1 saturated heterocycles. The van der Waals surface area contributed by atoms with Gasteiger partial charge in [0.2, 0.25) is 0 Å². The molecular weight excluding hydrogens is 264 g/mol. The van der Waals surface area contributed by atoms with E-state index in [-0.39, 0.29) is 0 Å². The van der Waals surface area contributed by atoms with Crippen molar-refractivity contribution in [2.75, 3.05) is 45.3 Å². The predicted octanol–water partition coefficient (Wildman–Crippen LogP) is 1.33. The number of likely N-dealkylation sites (N-methyl/N-ethyl adjacent to an activating group) is 1. The second-order valence-electron chi connectivity index (χ2n) is 6.10. The van der Waals surface area contributed by atoms with E-state index in [0.29, 0.717) is 18.6 Å². The highest BCUT2D eigenvalue weighted by atomic mass is 16.5. The third kappa shape index (κ3) is 4.66. The highest BCUT2D eigenvalue weighted by Crippen LogP contribution is 2.18. The van der Waals surface area contributed by atoms with Crippen LogP contribution in [0.1, 0.15) is 18.9 Å². The summed E-state index contributed by atoms with van der Waals surface area (Å²) in [5.74, 6) is 1.57. The molecule has 2 N–H and O–H groups in total. The lowest BCUT2D eigenvalue weighted by atomic mass is 9.94. The lowest BCUT2D eigenvalue weighted by Gasteiger charge is -2.35. The Morgan fingerprint density at radius 2 is 2.29 bits per heavy atom. The van der Waals surface area contributed by atoms with Crippen LogP contribution in [0.25, 0.3) is 0 Å². The maximum absolute atomic E-state index is 6.07. The topological polar surface area (TPSA) is 54.6 Å². The Morgan fingerprint density at radius 1 is 1.48 bits per heavy atom. The Kier molecular flexibility index (Phi) is 5.96. The standard InChI is InChI=1S/C16H28N4O/c1-13-11-20(7-6-15(13)17)12-14-4-5-16(18-10-14)19(2)8-9-21-3/h4-5,10,13,15H,6-9,11-12,17H2,1-3H3. The van der Waals surface area contributed by atoms with E-state index in [1.54, 1.807) is 7.11 Å². The predicted molar refractivity (Wildman–Crippen MR) is 86.4 cm³/mol. The number of anilines is 1. The Labute approximate surface area is 128 Å². The zero-order valence-corrected chi connectivity index (χ0v) is 13.5. The fourth-order valence-corrected chi connectivity index (χ4v) is 2.73. The van der Waals surface area contributed by atoms with Crippen molar-refractivity contribution in [1.82, 2.24) is 9.88 Å². The lowest BCUT2D eigenvalue weighted by molar-refractivity contribution is 0.157. The molecule has 21 heavy (non-hydrogen) atoms. The van der Waals surface area contributed by atoms with Crippen molar-refractivity contribution in [1.29, 1.82) is 0 Å². The van der Waals surface area contributed by atoms with Crippen LogP contribution in [0.2, 0.25) is 0 Å². The molecule has 1 aliphatic rings. The molecular formula is C16H28N4O. The number of nitrogens with two attached hydrogens (primary N) is 1. The van der Waals surface area contributed by atoms with Crippen molar-refractivity contribution in [3.8, 4) is 0 Å². The van der Waals surface area contributed by atoms with E-state index in [2.05, 4.69) is 33.8 Å². The Hall–Kier alpha value is -1.17. The number of aromatic nitrogens is 1. The van der Waals surface area contributed by atoms with Crippen LogP contribution in [-0.2, 0) is 11.3 Å². The molecule has 5 heteroatoms. The number of ether oxygens (including phenoxy) is 1. The van der Waals surface area contributed by atoms with E-state index in [4.69, 9.17) is 10.5 Å². The quantitative estimate of drug-likeness (QED) is 0.857. The minimum Gasteiger partial charge on any atom is -0.383 e. The largest absolute Gasteiger partial charge is 0.383 e. The molecule has 118 valence electrons. The van der Waals surface area contributed by atoms with Gasteiger partial charge in [-0.3, -0.25) is 4.90 Å². The summed E-state index contributed by atoms with van der Waals surface area (Å²) in [5.41, 5.74) is 7.34. The minimum atomic E-state index is 0.358. The van der Waals surface area contributed by atoms with Crippen LogP contribution in [0.15, 0.2) is 18.3 Å². The van der Waals surface area contributed by atoms with Gasteiger partial charge in [0, 0.05) is 46.0 Å². The van der Waals surface area contributed by atoms with Crippen molar-refractivity contribution < 1.29 is 4.74 Å². The Balaban J connectivity index is 1.87. The van der Waals surface area contributed by atoms with E-state index >= 15 is 0 Å². The molecule has 2 unspecified atom stereocenters. The van der Waals surface area contributed by atoms with Crippen molar-refractivity contribution >= 4 is 5.82 Å². The fraction of sp³-hybridized carbons (Fsp3) is 0.688. The van der Waals surface area contributed by atoms with Gasteiger partial charge in [0.15, 0.2) is 0 Å². The highest BCUT2D eigenvalue weighted by Gasteiger charge is 2.22. The van der Waals surface area contributed by atoms with Crippen LogP contribution in [0.3, 0.4) is 0 Å². The SMILES string of the molecule is COCCN(C)c1ccc(CN2CCC(N)C(C)C2)cn1. The van der Waals surface area contributed by atoms with Crippen LogP contribution >= 0.6 is 0 Å². The number of nitrogens with zero attached hydrogens (tertiary/aromatic N) is 3. The number of methoxy groups -OCH3 is 1. The first-order valence-corrected chi connectivity index (χ1v) is 7.73. The first kappa shape index (κ1) is 16.2. The average molecular weight is 292 g/mol. The third-order valence-corrected chi connectivity index (χ3v) is 4.29. The van der Waals surface area contributed by atoms with Crippen LogP contribution in [0.4, 0.5) is 5.82 Å². The van der Waals surface area contributed by atoms with E-state index in [0.717, 1.165) is 38.4 Å². The van der Waals surface area contributed by atoms with Gasteiger partial charge in [0.05, 0.1) is 6.61 Å². The van der Waals surface area contributed by atoms with Crippen LogP contribution in [0.5, 0.6) is 0 Å². The third-order valence-electron chi connectivity index (χ3n) is 4.29. The van der Waals surface area contributed by atoms with Gasteiger partial charge in [-0.2, -0.15) is 0 Å². The minimum absolute atomic E-state index is 0.358. The van der Waals surface area contributed by atoms with Crippen LogP contribution in [-0.4, -0.2) is 56.3 Å². The fourth-order valence-electron chi connectivity index (χ4n) is 2.73. The van der Waals surface area contributed by atoms with Crippen molar-refractivity contribution in [3.05, 3.63) is 23.9 Å². The smallest absolute Gasteiger partial charge is 0.128 e. The monoisotopic (exact) mass is 292 g/mol. The normalized spacial score (nSPS) is 23.2. The summed E-state index contributed by atoms with van der Waals surface area (Å²) in [7, 11) is 3.75. The molecule has 0 radical (unpaired) electrons. The van der Waals surface area contributed by atoms with Gasteiger partial charge < -0.3 is 15.4 Å². The summed E-state index contributed by atoms with van der Waals surface area (Å²) in [6, 6.07) is 4.62. The van der Waals surface area contributed by atoms with Crippen LogP contribution < -0.4 is 10.6 Å². The molecule has 0 aliphatic carbocycles. The molecule has 2 rings (SSSR count). The average Bonchev–Trinajstić information content (AvgIpc) is 2.49. The number of hydrogen-bond acceptors (Lipinski definition) is 5. The van der Waals surface area contributed by atoms with Crippen molar-refractivity contribution in [3.63, 3.8) is 0 Å². The second kappa shape index (κ2) is 7.73. The Bertz CT molecular complexity index is 423. The molecule has 5 nitrogen and oxygen atoms in total. The lowest BCUT2D eigenvalue weighted by Crippen LogP contribution is -2.45. The van der Waals surface area contributed by atoms with Crippen molar-refractivity contribution in [2.24, 2.45) is 11.7 Å². The van der Waals surface area contributed by atoms with E-state index in [9.17, 15) is 0 Å². The van der Waals surface area contributed by atoms with Gasteiger partial charge in [0.25, 0.3) is 0 Å². The summed E-state index contributed by atoms with van der Waals surface area (Å²) in [4.78, 5) is 9.13. The molecule has 0 saturated carbocycles. The van der Waals surface area contributed by atoms with Gasteiger partial charge >= 0.3 is 0 Å². The number of hydrogen-bond donors (Lipinski definition) is 1. The summed E-state index contributed by atoms with van der Waals surface area (Å²) >= 11 is 0. The molecule has 0 aromatic carbocycles. The van der Waals surface area contributed by atoms with Gasteiger partial charge in [-0.1, -0.05) is 13.0 Å².